The maximum Gasteiger partial charge on any atom is 0.407 e. The third-order valence-corrected chi connectivity index (χ3v) is 4.49. The Labute approximate surface area is 145 Å². The Morgan fingerprint density at radius 1 is 1.40 bits per heavy atom. The van der Waals surface area contributed by atoms with Crippen molar-refractivity contribution in [2.45, 2.75) is 13.0 Å². The van der Waals surface area contributed by atoms with E-state index in [1.807, 2.05) is 6.07 Å². The van der Waals surface area contributed by atoms with Crippen molar-refractivity contribution < 1.29 is 24.5 Å². The molecular formula is C17H21N3O5. The lowest BCUT2D eigenvalue weighted by molar-refractivity contribution is 0.0400. The largest absolute Gasteiger partial charge is 0.495 e. The summed E-state index contributed by atoms with van der Waals surface area (Å²) in [6.45, 7) is 2.32. The smallest absolute Gasteiger partial charge is 0.407 e. The molecule has 2 N–H and O–H groups in total. The molecule has 1 aliphatic heterocycles. The van der Waals surface area contributed by atoms with Crippen LogP contribution in [0.25, 0.3) is 0 Å². The zero-order chi connectivity index (χ0) is 18.6. The van der Waals surface area contributed by atoms with Gasteiger partial charge in [-0.2, -0.15) is 5.26 Å². The van der Waals surface area contributed by atoms with Gasteiger partial charge in [-0.3, -0.25) is 9.69 Å². The number of carboxylic acid groups (broad SMARTS) is 1. The van der Waals surface area contributed by atoms with Gasteiger partial charge < -0.3 is 19.8 Å². The average molecular weight is 347 g/mol. The molecule has 1 aliphatic rings. The summed E-state index contributed by atoms with van der Waals surface area (Å²) in [6.07, 6.45) is -1.03. The van der Waals surface area contributed by atoms with E-state index in [9.17, 15) is 20.0 Å². The Kier molecular flexibility index (Phi) is 5.96. The van der Waals surface area contributed by atoms with Crippen LogP contribution in [0.1, 0.15) is 21.5 Å². The molecule has 0 aliphatic carbocycles. The minimum Gasteiger partial charge on any atom is -0.495 e. The highest BCUT2D eigenvalue weighted by Crippen LogP contribution is 2.25. The molecule has 1 heterocycles. The molecule has 1 atom stereocenters. The number of ether oxygens (including phenoxy) is 1. The predicted molar refractivity (Wildman–Crippen MR) is 88.8 cm³/mol. The topological polar surface area (TPSA) is 114 Å². The number of aliphatic hydroxyl groups is 1. The number of nitriles is 1. The number of amides is 1. The Morgan fingerprint density at radius 2 is 2.12 bits per heavy atom. The second-order valence-corrected chi connectivity index (χ2v) is 5.89. The van der Waals surface area contributed by atoms with Crippen LogP contribution < -0.4 is 4.74 Å². The van der Waals surface area contributed by atoms with Gasteiger partial charge in [-0.05, 0) is 24.6 Å². The molecule has 2 rings (SSSR count). The molecule has 0 spiro atoms. The molecule has 1 saturated heterocycles. The molecule has 1 amide bonds. The van der Waals surface area contributed by atoms with Crippen molar-refractivity contribution in [2.24, 2.45) is 0 Å². The van der Waals surface area contributed by atoms with Crippen molar-refractivity contribution in [1.29, 1.82) is 5.26 Å². The van der Waals surface area contributed by atoms with E-state index in [0.717, 1.165) is 0 Å². The molecule has 1 fully saturated rings. The molecule has 0 bridgehead atoms. The van der Waals surface area contributed by atoms with Gasteiger partial charge in [0.05, 0.1) is 31.9 Å². The van der Waals surface area contributed by atoms with E-state index in [1.165, 1.54) is 12.0 Å². The fraction of sp³-hybridized carbons (Fsp3) is 0.471. The van der Waals surface area contributed by atoms with Crippen molar-refractivity contribution in [3.63, 3.8) is 0 Å². The van der Waals surface area contributed by atoms with Gasteiger partial charge in [-0.1, -0.05) is 0 Å². The first-order valence-electron chi connectivity index (χ1n) is 7.86. The van der Waals surface area contributed by atoms with Gasteiger partial charge >= 0.3 is 6.09 Å². The highest BCUT2D eigenvalue weighted by atomic mass is 16.5. The zero-order valence-corrected chi connectivity index (χ0v) is 14.2. The molecule has 0 aromatic heterocycles. The van der Waals surface area contributed by atoms with Crippen LogP contribution in [-0.2, 0) is 0 Å². The first-order valence-corrected chi connectivity index (χ1v) is 7.86. The van der Waals surface area contributed by atoms with Crippen LogP contribution in [0.5, 0.6) is 5.75 Å². The molecular weight excluding hydrogens is 326 g/mol. The number of Topliss-reactive ketones (excluding diaryl/α,β-unsaturated/α-hetero) is 1. The van der Waals surface area contributed by atoms with Crippen LogP contribution in [0.2, 0.25) is 0 Å². The Bertz CT molecular complexity index is 713. The highest BCUT2D eigenvalue weighted by molar-refractivity contribution is 5.99. The van der Waals surface area contributed by atoms with Gasteiger partial charge in [-0.25, -0.2) is 4.79 Å². The maximum atomic E-state index is 12.7. The van der Waals surface area contributed by atoms with Crippen LogP contribution in [-0.4, -0.2) is 77.8 Å². The summed E-state index contributed by atoms with van der Waals surface area (Å²) in [5.74, 6) is 0.235. The summed E-state index contributed by atoms with van der Waals surface area (Å²) < 4.78 is 5.13. The van der Waals surface area contributed by atoms with Crippen molar-refractivity contribution in [3.05, 3.63) is 28.8 Å². The number of carbonyl (C=O) groups is 2. The Morgan fingerprint density at radius 3 is 2.68 bits per heavy atom. The lowest BCUT2D eigenvalue weighted by atomic mass is 9.98. The third kappa shape index (κ3) is 3.90. The highest BCUT2D eigenvalue weighted by Gasteiger charge is 2.30. The second kappa shape index (κ2) is 7.96. The quantitative estimate of drug-likeness (QED) is 0.754. The minimum absolute atomic E-state index is 0.0523. The van der Waals surface area contributed by atoms with E-state index in [2.05, 4.69) is 0 Å². The van der Waals surface area contributed by atoms with Crippen molar-refractivity contribution in [3.8, 4) is 11.8 Å². The van der Waals surface area contributed by atoms with Gasteiger partial charge in [0.15, 0.2) is 5.78 Å². The molecule has 1 aromatic rings. The second-order valence-electron chi connectivity index (χ2n) is 5.89. The molecule has 0 unspecified atom stereocenters. The van der Waals surface area contributed by atoms with E-state index >= 15 is 0 Å². The zero-order valence-electron chi connectivity index (χ0n) is 14.2. The molecule has 0 saturated carbocycles. The van der Waals surface area contributed by atoms with Gasteiger partial charge in [0.2, 0.25) is 0 Å². The standard InChI is InChI=1S/C17H21N3O5/c1-11-13(3-4-16(25-2)14(11)7-18)15(22)9-19-5-6-20(17(23)24)8-12(19)10-21/h3-4,12,21H,5-6,8-10H2,1-2H3,(H,23,24)/t12-/m0/s1. The maximum absolute atomic E-state index is 12.7. The summed E-state index contributed by atoms with van der Waals surface area (Å²) in [6, 6.07) is 4.83. The molecule has 8 heteroatoms. The average Bonchev–Trinajstić information content (AvgIpc) is 2.61. The fourth-order valence-corrected chi connectivity index (χ4v) is 3.02. The number of aliphatic hydroxyl groups excluding tert-OH is 1. The van der Waals surface area contributed by atoms with Gasteiger partial charge in [0.25, 0.3) is 0 Å². The number of rotatable bonds is 5. The monoisotopic (exact) mass is 347 g/mol. The van der Waals surface area contributed by atoms with E-state index in [1.54, 1.807) is 24.0 Å². The van der Waals surface area contributed by atoms with Crippen molar-refractivity contribution in [2.75, 3.05) is 39.9 Å². The molecule has 134 valence electrons. The van der Waals surface area contributed by atoms with Crippen molar-refractivity contribution in [1.82, 2.24) is 9.80 Å². The number of methoxy groups -OCH3 is 1. The van der Waals surface area contributed by atoms with Crippen LogP contribution >= 0.6 is 0 Å². The number of benzene rings is 1. The van der Waals surface area contributed by atoms with E-state index < -0.39 is 12.1 Å². The van der Waals surface area contributed by atoms with Gasteiger partial charge in [0.1, 0.15) is 11.8 Å². The Hall–Kier alpha value is -2.63. The third-order valence-electron chi connectivity index (χ3n) is 4.49. The number of carbonyl (C=O) groups excluding carboxylic acids is 1. The molecule has 8 nitrogen and oxygen atoms in total. The predicted octanol–water partition coefficient (Wildman–Crippen LogP) is 0.715. The van der Waals surface area contributed by atoms with Crippen LogP contribution in [0.4, 0.5) is 4.79 Å². The summed E-state index contributed by atoms with van der Waals surface area (Å²) in [5.41, 5.74) is 1.30. The van der Waals surface area contributed by atoms with E-state index in [-0.39, 0.29) is 32.0 Å². The normalized spacial score (nSPS) is 17.8. The SMILES string of the molecule is COc1ccc(C(=O)CN2CCN(C(=O)O)C[C@H]2CO)c(C)c1C#N. The van der Waals surface area contributed by atoms with Crippen molar-refractivity contribution >= 4 is 11.9 Å². The van der Waals surface area contributed by atoms with Gasteiger partial charge in [0, 0.05) is 25.2 Å². The summed E-state index contributed by atoms with van der Waals surface area (Å²) in [5, 5.41) is 27.8. The van der Waals surface area contributed by atoms with E-state index in [0.29, 0.717) is 29.0 Å². The molecule has 25 heavy (non-hydrogen) atoms. The number of hydrogen-bond acceptors (Lipinski definition) is 6. The number of piperazine rings is 1. The lowest BCUT2D eigenvalue weighted by Gasteiger charge is -2.39. The van der Waals surface area contributed by atoms with Crippen LogP contribution in [0.15, 0.2) is 12.1 Å². The van der Waals surface area contributed by atoms with E-state index in [4.69, 9.17) is 9.84 Å². The minimum atomic E-state index is -1.03. The number of ketones is 1. The fourth-order valence-electron chi connectivity index (χ4n) is 3.02. The lowest BCUT2D eigenvalue weighted by Crippen LogP contribution is -2.56. The molecule has 1 aromatic carbocycles. The number of hydrogen-bond donors (Lipinski definition) is 2. The first kappa shape index (κ1) is 18.7. The van der Waals surface area contributed by atoms with Crippen LogP contribution in [0.3, 0.4) is 0 Å². The first-order chi connectivity index (χ1) is 11.9. The number of nitrogens with zero attached hydrogens (tertiary/aromatic N) is 3. The van der Waals surface area contributed by atoms with Crippen LogP contribution in [0, 0.1) is 18.3 Å². The summed E-state index contributed by atoms with van der Waals surface area (Å²) in [4.78, 5) is 26.7. The molecule has 0 radical (unpaired) electrons. The Balaban J connectivity index is 2.17. The summed E-state index contributed by atoms with van der Waals surface area (Å²) >= 11 is 0. The van der Waals surface area contributed by atoms with Gasteiger partial charge in [-0.15, -0.1) is 0 Å². The summed E-state index contributed by atoms with van der Waals surface area (Å²) in [7, 11) is 1.46.